The number of sulfonamides is 1. The van der Waals surface area contributed by atoms with Gasteiger partial charge < -0.3 is 5.73 Å². The minimum absolute atomic E-state index is 0.152. The molecule has 2 heterocycles. The molecule has 0 atom stereocenters. The average molecular weight is 320 g/mol. The molecule has 0 saturated carbocycles. The molecular formula is C8H8N4O4S3. The molecule has 2 rings (SSSR count). The van der Waals surface area contributed by atoms with Gasteiger partial charge in [-0.1, -0.05) is 11.3 Å². The van der Waals surface area contributed by atoms with E-state index < -0.39 is 20.6 Å². The van der Waals surface area contributed by atoms with E-state index in [0.29, 0.717) is 11.3 Å². The van der Waals surface area contributed by atoms with Crippen LogP contribution in [0.5, 0.6) is 0 Å². The fraction of sp³-hybridized carbons (Fsp3) is 0.125. The number of hydrogen-bond donors (Lipinski definition) is 2. The van der Waals surface area contributed by atoms with Crippen LogP contribution in [0.2, 0.25) is 0 Å². The lowest BCUT2D eigenvalue weighted by Crippen LogP contribution is -2.11. The fourth-order valence-electron chi connectivity index (χ4n) is 1.22. The minimum atomic E-state index is -3.90. The van der Waals surface area contributed by atoms with Gasteiger partial charge in [-0.3, -0.25) is 14.8 Å². The van der Waals surface area contributed by atoms with Gasteiger partial charge in [0.15, 0.2) is 10.1 Å². The summed E-state index contributed by atoms with van der Waals surface area (Å²) in [6, 6.07) is 0.933. The molecule has 2 aromatic rings. The summed E-state index contributed by atoms with van der Waals surface area (Å²) in [6.45, 7) is 1.78. The third-order valence-electron chi connectivity index (χ3n) is 2.02. The van der Waals surface area contributed by atoms with Crippen LogP contribution in [-0.4, -0.2) is 18.3 Å². The molecule has 3 N–H and O–H groups in total. The summed E-state index contributed by atoms with van der Waals surface area (Å²) in [5, 5.41) is 10.7. The van der Waals surface area contributed by atoms with E-state index in [1.54, 1.807) is 6.92 Å². The Morgan fingerprint density at radius 3 is 2.63 bits per heavy atom. The van der Waals surface area contributed by atoms with Crippen molar-refractivity contribution >= 4 is 48.5 Å². The quantitative estimate of drug-likeness (QED) is 0.653. The summed E-state index contributed by atoms with van der Waals surface area (Å²) in [5.74, 6) is 0. The van der Waals surface area contributed by atoms with Crippen molar-refractivity contribution in [3.8, 4) is 0 Å². The first kappa shape index (κ1) is 13.7. The van der Waals surface area contributed by atoms with Gasteiger partial charge >= 0.3 is 5.69 Å². The molecule has 0 fully saturated rings. The maximum atomic E-state index is 12.0. The van der Waals surface area contributed by atoms with E-state index in [1.165, 1.54) is 6.20 Å². The van der Waals surface area contributed by atoms with E-state index >= 15 is 0 Å². The Labute approximate surface area is 116 Å². The van der Waals surface area contributed by atoms with E-state index in [1.807, 2.05) is 0 Å². The topological polar surface area (TPSA) is 128 Å². The van der Waals surface area contributed by atoms with Crippen LogP contribution >= 0.6 is 22.7 Å². The summed E-state index contributed by atoms with van der Waals surface area (Å²) >= 11 is 1.80. The Morgan fingerprint density at radius 2 is 2.16 bits per heavy atom. The van der Waals surface area contributed by atoms with Crippen LogP contribution in [0.1, 0.15) is 4.88 Å². The third-order valence-corrected chi connectivity index (χ3v) is 5.75. The Balaban J connectivity index is 2.34. The van der Waals surface area contributed by atoms with Gasteiger partial charge in [0.1, 0.15) is 4.21 Å². The number of thiophene rings is 1. The lowest BCUT2D eigenvalue weighted by molar-refractivity contribution is -0.383. The number of aromatic nitrogens is 1. The SMILES string of the molecule is Cc1cnc(NS(=O)(=O)c2cc([N+](=O)[O-])c(N)s2)s1. The lowest BCUT2D eigenvalue weighted by Gasteiger charge is -2.00. The molecule has 0 spiro atoms. The van der Waals surface area contributed by atoms with Gasteiger partial charge in [-0.05, 0) is 6.92 Å². The van der Waals surface area contributed by atoms with Gasteiger partial charge in [0.2, 0.25) is 0 Å². The molecule has 0 unspecified atom stereocenters. The smallest absolute Gasteiger partial charge is 0.304 e. The highest BCUT2D eigenvalue weighted by molar-refractivity contribution is 7.95. The molecule has 0 aliphatic carbocycles. The van der Waals surface area contributed by atoms with E-state index in [2.05, 4.69) is 9.71 Å². The molecule has 0 saturated heterocycles. The lowest BCUT2D eigenvalue weighted by atomic mass is 10.5. The molecule has 0 aliphatic rings. The van der Waals surface area contributed by atoms with E-state index in [9.17, 15) is 18.5 Å². The first-order valence-corrected chi connectivity index (χ1v) is 7.90. The normalized spacial score (nSPS) is 11.4. The predicted molar refractivity (Wildman–Crippen MR) is 73.0 cm³/mol. The second-order valence-electron chi connectivity index (χ2n) is 3.45. The van der Waals surface area contributed by atoms with Gasteiger partial charge in [0, 0.05) is 17.1 Å². The minimum Gasteiger partial charge on any atom is -0.385 e. The van der Waals surface area contributed by atoms with Crippen molar-refractivity contribution in [1.82, 2.24) is 4.98 Å². The Kier molecular flexibility index (Phi) is 3.43. The van der Waals surface area contributed by atoms with Gasteiger partial charge in [0.25, 0.3) is 10.0 Å². The van der Waals surface area contributed by atoms with Crippen LogP contribution in [0, 0.1) is 17.0 Å². The number of thiazole rings is 1. The second kappa shape index (κ2) is 4.75. The number of nitrogens with two attached hydrogens (primary N) is 1. The molecule has 11 heteroatoms. The molecule has 0 aromatic carbocycles. The number of anilines is 2. The standard InChI is InChI=1S/C8H8N4O4S3/c1-4-3-10-8(17-4)11-19(15,16)6-2-5(12(13)14)7(9)18-6/h2-3H,9H2,1H3,(H,10,11). The van der Waals surface area contributed by atoms with Crippen molar-refractivity contribution in [2.24, 2.45) is 0 Å². The molecule has 8 nitrogen and oxygen atoms in total. The summed E-state index contributed by atoms with van der Waals surface area (Å²) in [5.41, 5.74) is 4.99. The maximum Gasteiger partial charge on any atom is 0.304 e. The molecule has 0 amide bonds. The molecule has 2 aromatic heterocycles. The van der Waals surface area contributed by atoms with E-state index in [-0.39, 0.29) is 14.3 Å². The number of nitro groups is 1. The monoisotopic (exact) mass is 320 g/mol. The molecule has 19 heavy (non-hydrogen) atoms. The van der Waals surface area contributed by atoms with Crippen molar-refractivity contribution in [2.45, 2.75) is 11.1 Å². The van der Waals surface area contributed by atoms with Crippen molar-refractivity contribution in [2.75, 3.05) is 10.5 Å². The van der Waals surface area contributed by atoms with Gasteiger partial charge in [-0.2, -0.15) is 0 Å². The predicted octanol–water partition coefficient (Wildman–Crippen LogP) is 1.80. The highest BCUT2D eigenvalue weighted by Crippen LogP contribution is 2.35. The van der Waals surface area contributed by atoms with Gasteiger partial charge in [-0.15, -0.1) is 11.3 Å². The number of nitrogen functional groups attached to an aromatic ring is 1. The van der Waals surface area contributed by atoms with Gasteiger partial charge in [-0.25, -0.2) is 13.4 Å². The number of rotatable bonds is 4. The van der Waals surface area contributed by atoms with Crippen LogP contribution in [0.15, 0.2) is 16.5 Å². The number of nitrogens with zero attached hydrogens (tertiary/aromatic N) is 2. The van der Waals surface area contributed by atoms with Crippen molar-refractivity contribution in [1.29, 1.82) is 0 Å². The third kappa shape index (κ3) is 2.83. The number of nitrogens with one attached hydrogen (secondary N) is 1. The molecule has 0 radical (unpaired) electrons. The Bertz CT molecular complexity index is 733. The van der Waals surface area contributed by atoms with Crippen molar-refractivity contribution in [3.05, 3.63) is 27.3 Å². The molecule has 102 valence electrons. The number of aryl methyl sites for hydroxylation is 1. The van der Waals surface area contributed by atoms with Crippen molar-refractivity contribution in [3.63, 3.8) is 0 Å². The number of hydrogen-bond acceptors (Lipinski definition) is 8. The van der Waals surface area contributed by atoms with Crippen LogP contribution in [-0.2, 0) is 10.0 Å². The first-order chi connectivity index (χ1) is 8.79. The van der Waals surface area contributed by atoms with Crippen LogP contribution in [0.3, 0.4) is 0 Å². The zero-order chi connectivity index (χ0) is 14.2. The van der Waals surface area contributed by atoms with Crippen LogP contribution < -0.4 is 10.5 Å². The summed E-state index contributed by atoms with van der Waals surface area (Å²) in [6.07, 6.45) is 1.52. The molecular weight excluding hydrogens is 312 g/mol. The zero-order valence-corrected chi connectivity index (χ0v) is 11.9. The largest absolute Gasteiger partial charge is 0.385 e. The zero-order valence-electron chi connectivity index (χ0n) is 9.48. The molecule has 0 aliphatic heterocycles. The first-order valence-electron chi connectivity index (χ1n) is 4.78. The summed E-state index contributed by atoms with van der Waals surface area (Å²) < 4.78 is 26.0. The summed E-state index contributed by atoms with van der Waals surface area (Å²) in [7, 11) is -3.90. The van der Waals surface area contributed by atoms with E-state index in [4.69, 9.17) is 5.73 Å². The maximum absolute atomic E-state index is 12.0. The second-order valence-corrected chi connectivity index (χ2v) is 7.68. The Morgan fingerprint density at radius 1 is 1.47 bits per heavy atom. The highest BCUT2D eigenvalue weighted by Gasteiger charge is 2.25. The van der Waals surface area contributed by atoms with E-state index in [0.717, 1.165) is 22.3 Å². The highest BCUT2D eigenvalue weighted by atomic mass is 32.2. The van der Waals surface area contributed by atoms with Crippen LogP contribution in [0.4, 0.5) is 15.8 Å². The fourth-order valence-corrected chi connectivity index (χ4v) is 4.34. The van der Waals surface area contributed by atoms with Gasteiger partial charge in [0.05, 0.1) is 4.92 Å². The molecule has 0 bridgehead atoms. The average Bonchev–Trinajstić information content (AvgIpc) is 2.84. The Hall–Kier alpha value is -1.72. The van der Waals surface area contributed by atoms with Crippen molar-refractivity contribution < 1.29 is 13.3 Å². The summed E-state index contributed by atoms with van der Waals surface area (Å²) in [4.78, 5) is 14.6. The van der Waals surface area contributed by atoms with Crippen LogP contribution in [0.25, 0.3) is 0 Å².